The fourth-order valence-electron chi connectivity index (χ4n) is 3.36. The highest BCUT2D eigenvalue weighted by atomic mass is 16.5. The number of benzene rings is 2. The molecule has 29 heavy (non-hydrogen) atoms. The van der Waals surface area contributed by atoms with E-state index < -0.39 is 5.97 Å². The van der Waals surface area contributed by atoms with E-state index in [-0.39, 0.29) is 11.0 Å². The Morgan fingerprint density at radius 2 is 1.86 bits per heavy atom. The number of anilines is 2. The van der Waals surface area contributed by atoms with Gasteiger partial charge in [-0.2, -0.15) is 5.10 Å². The molecule has 3 aromatic rings. The number of carboxylic acid groups (broad SMARTS) is 1. The molecule has 0 amide bonds. The van der Waals surface area contributed by atoms with Crippen molar-refractivity contribution < 1.29 is 14.6 Å². The molecule has 0 aliphatic carbocycles. The Morgan fingerprint density at radius 3 is 2.45 bits per heavy atom. The molecule has 0 radical (unpaired) electrons. The van der Waals surface area contributed by atoms with Crippen LogP contribution in [-0.2, 0) is 12.5 Å². The molecule has 152 valence electrons. The Kier molecular flexibility index (Phi) is 5.38. The zero-order chi connectivity index (χ0) is 21.3. The quantitative estimate of drug-likeness (QED) is 0.627. The van der Waals surface area contributed by atoms with Crippen molar-refractivity contribution >= 4 is 17.5 Å². The SMILES string of the molecule is COc1ccc(Nc2c(-c3ccccc3C)c(C(C)(C)C)nn2C)c(C(=O)O)c1. The van der Waals surface area contributed by atoms with E-state index in [1.807, 2.05) is 19.2 Å². The maximum Gasteiger partial charge on any atom is 0.337 e. The first-order chi connectivity index (χ1) is 13.6. The highest BCUT2D eigenvalue weighted by Crippen LogP contribution is 2.40. The third-order valence-corrected chi connectivity index (χ3v) is 4.88. The summed E-state index contributed by atoms with van der Waals surface area (Å²) >= 11 is 0. The number of aromatic nitrogens is 2. The van der Waals surface area contributed by atoms with Crippen LogP contribution in [0.4, 0.5) is 11.5 Å². The lowest BCUT2D eigenvalue weighted by atomic mass is 9.86. The summed E-state index contributed by atoms with van der Waals surface area (Å²) in [5.74, 6) is 0.214. The highest BCUT2D eigenvalue weighted by Gasteiger charge is 2.28. The van der Waals surface area contributed by atoms with Crippen molar-refractivity contribution in [2.24, 2.45) is 7.05 Å². The molecule has 0 saturated heterocycles. The molecule has 2 N–H and O–H groups in total. The predicted molar refractivity (Wildman–Crippen MR) is 115 cm³/mol. The molecular weight excluding hydrogens is 366 g/mol. The summed E-state index contributed by atoms with van der Waals surface area (Å²) in [6.07, 6.45) is 0. The van der Waals surface area contributed by atoms with E-state index in [9.17, 15) is 9.90 Å². The van der Waals surface area contributed by atoms with E-state index in [1.165, 1.54) is 13.2 Å². The number of nitrogens with zero attached hydrogens (tertiary/aromatic N) is 2. The number of hydrogen-bond donors (Lipinski definition) is 2. The van der Waals surface area contributed by atoms with Gasteiger partial charge in [-0.25, -0.2) is 4.79 Å². The minimum Gasteiger partial charge on any atom is -0.497 e. The first-order valence-electron chi connectivity index (χ1n) is 9.45. The molecule has 0 aliphatic heterocycles. The molecule has 3 rings (SSSR count). The number of aryl methyl sites for hydroxylation is 2. The molecule has 6 nitrogen and oxygen atoms in total. The van der Waals surface area contributed by atoms with E-state index in [2.05, 4.69) is 45.1 Å². The Hall–Kier alpha value is -3.28. The minimum atomic E-state index is -1.03. The monoisotopic (exact) mass is 393 g/mol. The molecule has 0 unspecified atom stereocenters. The molecule has 1 heterocycles. The molecule has 0 aliphatic rings. The van der Waals surface area contributed by atoms with Crippen LogP contribution < -0.4 is 10.1 Å². The van der Waals surface area contributed by atoms with Gasteiger partial charge in [-0.1, -0.05) is 45.0 Å². The van der Waals surface area contributed by atoms with Crippen LogP contribution in [0, 0.1) is 6.92 Å². The van der Waals surface area contributed by atoms with E-state index in [0.717, 1.165) is 28.2 Å². The summed E-state index contributed by atoms with van der Waals surface area (Å²) in [5.41, 5.74) is 4.55. The topological polar surface area (TPSA) is 76.4 Å². The minimum absolute atomic E-state index is 0.138. The fourth-order valence-corrected chi connectivity index (χ4v) is 3.36. The molecule has 0 atom stereocenters. The number of methoxy groups -OCH3 is 1. The number of ether oxygens (including phenoxy) is 1. The van der Waals surface area contributed by atoms with Crippen molar-refractivity contribution in [1.82, 2.24) is 9.78 Å². The Bertz CT molecular complexity index is 1060. The number of aromatic carboxylic acids is 1. The maximum absolute atomic E-state index is 11.8. The smallest absolute Gasteiger partial charge is 0.337 e. The number of nitrogens with one attached hydrogen (secondary N) is 1. The molecule has 0 spiro atoms. The Labute approximate surface area is 171 Å². The number of carbonyl (C=O) groups is 1. The van der Waals surface area contributed by atoms with Crippen LogP contribution in [-0.4, -0.2) is 28.0 Å². The van der Waals surface area contributed by atoms with Gasteiger partial charge in [0.25, 0.3) is 0 Å². The summed E-state index contributed by atoms with van der Waals surface area (Å²) in [5, 5.41) is 17.8. The van der Waals surface area contributed by atoms with Crippen LogP contribution >= 0.6 is 0 Å². The van der Waals surface area contributed by atoms with Crippen molar-refractivity contribution in [2.75, 3.05) is 12.4 Å². The first-order valence-corrected chi connectivity index (χ1v) is 9.45. The average Bonchev–Trinajstić information content (AvgIpc) is 2.99. The first kappa shape index (κ1) is 20.5. The third-order valence-electron chi connectivity index (χ3n) is 4.88. The second-order valence-corrected chi connectivity index (χ2v) is 8.10. The van der Waals surface area contributed by atoms with Gasteiger partial charge in [-0.05, 0) is 36.2 Å². The molecular formula is C23H27N3O3. The van der Waals surface area contributed by atoms with Crippen molar-refractivity contribution in [3.05, 3.63) is 59.3 Å². The second kappa shape index (κ2) is 7.62. The summed E-state index contributed by atoms with van der Waals surface area (Å²) in [6.45, 7) is 8.43. The summed E-state index contributed by atoms with van der Waals surface area (Å²) in [7, 11) is 3.38. The van der Waals surface area contributed by atoms with Gasteiger partial charge in [0, 0.05) is 18.0 Å². The standard InChI is InChI=1S/C23H27N3O3/c1-14-9-7-8-10-16(14)19-20(23(2,3)4)25-26(5)21(19)24-18-12-11-15(29-6)13-17(18)22(27)28/h7-13,24H,1-6H3,(H,27,28). The fraction of sp³-hybridized carbons (Fsp3) is 0.304. The van der Waals surface area contributed by atoms with E-state index in [1.54, 1.807) is 16.8 Å². The van der Waals surface area contributed by atoms with Crippen LogP contribution in [0.25, 0.3) is 11.1 Å². The Balaban J connectivity index is 2.23. The van der Waals surface area contributed by atoms with Gasteiger partial charge in [0.05, 0.1) is 24.1 Å². The summed E-state index contributed by atoms with van der Waals surface area (Å²) in [4.78, 5) is 11.8. The molecule has 1 aromatic heterocycles. The van der Waals surface area contributed by atoms with Crippen molar-refractivity contribution in [3.63, 3.8) is 0 Å². The molecule has 6 heteroatoms. The highest BCUT2D eigenvalue weighted by molar-refractivity contribution is 5.96. The van der Waals surface area contributed by atoms with E-state index in [4.69, 9.17) is 9.84 Å². The molecule has 2 aromatic carbocycles. The van der Waals surface area contributed by atoms with Gasteiger partial charge < -0.3 is 15.2 Å². The lowest BCUT2D eigenvalue weighted by molar-refractivity contribution is 0.0697. The normalized spacial score (nSPS) is 11.4. The number of hydrogen-bond acceptors (Lipinski definition) is 4. The van der Waals surface area contributed by atoms with Crippen molar-refractivity contribution in [1.29, 1.82) is 0 Å². The van der Waals surface area contributed by atoms with Crippen LogP contribution in [0.5, 0.6) is 5.75 Å². The second-order valence-electron chi connectivity index (χ2n) is 8.10. The van der Waals surface area contributed by atoms with Crippen molar-refractivity contribution in [3.8, 4) is 16.9 Å². The largest absolute Gasteiger partial charge is 0.497 e. The summed E-state index contributed by atoms with van der Waals surface area (Å²) in [6, 6.07) is 13.1. The van der Waals surface area contributed by atoms with Gasteiger partial charge in [0.2, 0.25) is 0 Å². The zero-order valence-corrected chi connectivity index (χ0v) is 17.7. The van der Waals surface area contributed by atoms with E-state index >= 15 is 0 Å². The van der Waals surface area contributed by atoms with Crippen molar-refractivity contribution in [2.45, 2.75) is 33.1 Å². The van der Waals surface area contributed by atoms with Gasteiger partial charge >= 0.3 is 5.97 Å². The zero-order valence-electron chi connectivity index (χ0n) is 17.7. The van der Waals surface area contributed by atoms with Gasteiger partial charge in [0.15, 0.2) is 0 Å². The number of rotatable bonds is 5. The molecule has 0 saturated carbocycles. The van der Waals surface area contributed by atoms with Crippen LogP contribution in [0.2, 0.25) is 0 Å². The third kappa shape index (κ3) is 3.97. The lowest BCUT2D eigenvalue weighted by Crippen LogP contribution is -2.14. The predicted octanol–water partition coefficient (Wildman–Crippen LogP) is 5.14. The number of carboxylic acids is 1. The molecule has 0 bridgehead atoms. The van der Waals surface area contributed by atoms with E-state index in [0.29, 0.717) is 11.4 Å². The van der Waals surface area contributed by atoms with Crippen LogP contribution in [0.1, 0.15) is 42.4 Å². The van der Waals surface area contributed by atoms with Crippen LogP contribution in [0.15, 0.2) is 42.5 Å². The van der Waals surface area contributed by atoms with Gasteiger partial charge in [0.1, 0.15) is 11.6 Å². The summed E-state index contributed by atoms with van der Waals surface area (Å²) < 4.78 is 6.96. The lowest BCUT2D eigenvalue weighted by Gasteiger charge is -2.19. The van der Waals surface area contributed by atoms with Crippen LogP contribution in [0.3, 0.4) is 0 Å². The van der Waals surface area contributed by atoms with Gasteiger partial charge in [-0.3, -0.25) is 4.68 Å². The maximum atomic E-state index is 11.8. The van der Waals surface area contributed by atoms with Gasteiger partial charge in [-0.15, -0.1) is 0 Å². The molecule has 0 fully saturated rings. The Morgan fingerprint density at radius 1 is 1.17 bits per heavy atom. The average molecular weight is 393 g/mol.